The van der Waals surface area contributed by atoms with Crippen molar-refractivity contribution in [1.29, 1.82) is 5.26 Å². The van der Waals surface area contributed by atoms with Crippen LogP contribution in [-0.4, -0.2) is 56.3 Å². The van der Waals surface area contributed by atoms with Crippen LogP contribution in [0.25, 0.3) is 0 Å². The van der Waals surface area contributed by atoms with Crippen molar-refractivity contribution in [3.8, 4) is 11.8 Å². The number of benzene rings is 1. The van der Waals surface area contributed by atoms with Gasteiger partial charge in [-0.25, -0.2) is 0 Å². The van der Waals surface area contributed by atoms with Gasteiger partial charge in [0, 0.05) is 38.7 Å². The number of nitrogens with one attached hydrogen (secondary N) is 1. The lowest BCUT2D eigenvalue weighted by molar-refractivity contribution is -0.0256. The summed E-state index contributed by atoms with van der Waals surface area (Å²) in [6, 6.07) is 5.21. The van der Waals surface area contributed by atoms with Crippen molar-refractivity contribution < 1.29 is 14.3 Å². The van der Waals surface area contributed by atoms with Crippen molar-refractivity contribution in [3.05, 3.63) is 22.7 Å². The molecule has 1 aliphatic rings. The van der Waals surface area contributed by atoms with Gasteiger partial charge in [0.1, 0.15) is 5.75 Å². The summed E-state index contributed by atoms with van der Waals surface area (Å²) in [6.45, 7) is 5.40. The van der Waals surface area contributed by atoms with Crippen LogP contribution in [0, 0.1) is 11.3 Å². The fraction of sp³-hybridized carbons (Fsp3) is 0.529. The number of hydrogen-bond acceptors (Lipinski definition) is 6. The smallest absolute Gasteiger partial charge is 0.255 e. The normalized spacial score (nSPS) is 17.7. The second kappa shape index (κ2) is 9.47. The average molecular weight is 367 g/mol. The molecule has 0 aliphatic carbocycles. The zero-order chi connectivity index (χ0) is 18.2. The summed E-state index contributed by atoms with van der Waals surface area (Å²) in [5, 5.41) is 11.8. The van der Waals surface area contributed by atoms with Crippen LogP contribution in [0.15, 0.2) is 12.1 Å². The lowest BCUT2D eigenvalue weighted by Crippen LogP contribution is -2.47. The van der Waals surface area contributed by atoms with E-state index < -0.39 is 0 Å². The second-order valence-electron chi connectivity index (χ2n) is 5.71. The fourth-order valence-electron chi connectivity index (χ4n) is 2.64. The van der Waals surface area contributed by atoms with Crippen LogP contribution < -0.4 is 15.8 Å². The van der Waals surface area contributed by atoms with Crippen LogP contribution in [0.1, 0.15) is 23.7 Å². The quantitative estimate of drug-likeness (QED) is 0.712. The second-order valence-corrected chi connectivity index (χ2v) is 6.12. The number of carbonyl (C=O) groups excluding carboxylic acids is 1. The van der Waals surface area contributed by atoms with E-state index in [2.05, 4.69) is 16.3 Å². The molecule has 0 saturated carbocycles. The van der Waals surface area contributed by atoms with Gasteiger partial charge in [0.25, 0.3) is 5.91 Å². The molecule has 1 heterocycles. The highest BCUT2D eigenvalue weighted by atomic mass is 35.5. The molecule has 1 fully saturated rings. The molecule has 0 bridgehead atoms. The maximum Gasteiger partial charge on any atom is 0.255 e. The SMILES string of the molecule is CCOc1cc(N)c(Cl)cc1C(=O)NCC1CN(CCC#N)CCO1. The zero-order valence-electron chi connectivity index (χ0n) is 14.3. The molecule has 0 spiro atoms. The van der Waals surface area contributed by atoms with Crippen molar-refractivity contribution in [2.75, 3.05) is 45.1 Å². The number of amides is 1. The molecule has 1 atom stereocenters. The standard InChI is InChI=1S/C17H23ClN4O3/c1-2-24-16-9-15(20)14(18)8-13(16)17(23)21-10-12-11-22(5-3-4-19)6-7-25-12/h8-9,12H,2-3,5-7,10-11,20H2,1H3,(H,21,23). The molecule has 1 aromatic rings. The molecule has 136 valence electrons. The predicted molar refractivity (Wildman–Crippen MR) is 95.8 cm³/mol. The maximum absolute atomic E-state index is 12.5. The van der Waals surface area contributed by atoms with E-state index in [0.29, 0.717) is 61.3 Å². The third kappa shape index (κ3) is 5.49. The summed E-state index contributed by atoms with van der Waals surface area (Å²) in [7, 11) is 0. The molecule has 1 aliphatic heterocycles. The Morgan fingerprint density at radius 3 is 3.12 bits per heavy atom. The molecule has 1 amide bonds. The van der Waals surface area contributed by atoms with Crippen LogP contribution in [0.4, 0.5) is 5.69 Å². The fourth-order valence-corrected chi connectivity index (χ4v) is 2.80. The van der Waals surface area contributed by atoms with Crippen LogP contribution in [0.2, 0.25) is 5.02 Å². The minimum absolute atomic E-state index is 0.115. The van der Waals surface area contributed by atoms with E-state index in [0.717, 1.165) is 6.54 Å². The lowest BCUT2D eigenvalue weighted by Gasteiger charge is -2.32. The largest absolute Gasteiger partial charge is 0.493 e. The van der Waals surface area contributed by atoms with Gasteiger partial charge in [0.15, 0.2) is 0 Å². The molecular formula is C17H23ClN4O3. The number of rotatable bonds is 7. The van der Waals surface area contributed by atoms with E-state index in [1.54, 1.807) is 6.07 Å². The summed E-state index contributed by atoms with van der Waals surface area (Å²) in [4.78, 5) is 14.7. The summed E-state index contributed by atoms with van der Waals surface area (Å²) >= 11 is 6.03. The van der Waals surface area contributed by atoms with E-state index in [4.69, 9.17) is 32.1 Å². The van der Waals surface area contributed by atoms with Gasteiger partial charge < -0.3 is 20.5 Å². The highest BCUT2D eigenvalue weighted by Crippen LogP contribution is 2.29. The molecule has 0 radical (unpaired) electrons. The topological polar surface area (TPSA) is 101 Å². The van der Waals surface area contributed by atoms with Crippen molar-refractivity contribution in [1.82, 2.24) is 10.2 Å². The van der Waals surface area contributed by atoms with Crippen LogP contribution in [-0.2, 0) is 4.74 Å². The third-order valence-corrected chi connectivity index (χ3v) is 4.22. The van der Waals surface area contributed by atoms with Crippen LogP contribution >= 0.6 is 11.6 Å². The minimum atomic E-state index is -0.289. The Morgan fingerprint density at radius 1 is 1.60 bits per heavy atom. The van der Waals surface area contributed by atoms with Gasteiger partial charge in [-0.15, -0.1) is 0 Å². The Kier molecular flexibility index (Phi) is 7.31. The minimum Gasteiger partial charge on any atom is -0.493 e. The Labute approximate surface area is 152 Å². The van der Waals surface area contributed by atoms with Gasteiger partial charge >= 0.3 is 0 Å². The first-order valence-electron chi connectivity index (χ1n) is 8.26. The number of ether oxygens (including phenoxy) is 2. The van der Waals surface area contributed by atoms with Gasteiger partial charge in [-0.1, -0.05) is 11.6 Å². The van der Waals surface area contributed by atoms with Crippen molar-refractivity contribution in [2.45, 2.75) is 19.4 Å². The number of anilines is 1. The van der Waals surface area contributed by atoms with E-state index in [1.807, 2.05) is 6.92 Å². The Morgan fingerprint density at radius 2 is 2.40 bits per heavy atom. The van der Waals surface area contributed by atoms with Crippen LogP contribution in [0.3, 0.4) is 0 Å². The van der Waals surface area contributed by atoms with Crippen molar-refractivity contribution >= 4 is 23.2 Å². The van der Waals surface area contributed by atoms with Crippen molar-refractivity contribution in [2.24, 2.45) is 0 Å². The molecular weight excluding hydrogens is 344 g/mol. The monoisotopic (exact) mass is 366 g/mol. The summed E-state index contributed by atoms with van der Waals surface area (Å²) in [6.07, 6.45) is 0.372. The third-order valence-electron chi connectivity index (χ3n) is 3.90. The maximum atomic E-state index is 12.5. The summed E-state index contributed by atoms with van der Waals surface area (Å²) in [5.74, 6) is 0.116. The molecule has 7 nitrogen and oxygen atoms in total. The van der Waals surface area contributed by atoms with E-state index >= 15 is 0 Å². The Hall–Kier alpha value is -2.01. The molecule has 0 aromatic heterocycles. The number of nitriles is 1. The number of carbonyl (C=O) groups is 1. The number of nitrogens with zero attached hydrogens (tertiary/aromatic N) is 2. The first-order chi connectivity index (χ1) is 12.0. The predicted octanol–water partition coefficient (Wildman–Crippen LogP) is 1.67. The number of halogens is 1. The average Bonchev–Trinajstić information content (AvgIpc) is 2.61. The first kappa shape index (κ1) is 19.3. The van der Waals surface area contributed by atoms with E-state index in [-0.39, 0.29) is 12.0 Å². The molecule has 8 heteroatoms. The van der Waals surface area contributed by atoms with Gasteiger partial charge in [-0.05, 0) is 13.0 Å². The highest BCUT2D eigenvalue weighted by molar-refractivity contribution is 6.33. The van der Waals surface area contributed by atoms with E-state index in [1.165, 1.54) is 6.07 Å². The molecule has 3 N–H and O–H groups in total. The molecule has 1 unspecified atom stereocenters. The lowest BCUT2D eigenvalue weighted by atomic mass is 10.1. The Bertz CT molecular complexity index is 648. The van der Waals surface area contributed by atoms with Gasteiger partial charge in [-0.3, -0.25) is 9.69 Å². The zero-order valence-corrected chi connectivity index (χ0v) is 15.0. The molecule has 1 saturated heterocycles. The van der Waals surface area contributed by atoms with E-state index in [9.17, 15) is 4.79 Å². The van der Waals surface area contributed by atoms with Gasteiger partial charge in [0.2, 0.25) is 0 Å². The number of morpholine rings is 1. The highest BCUT2D eigenvalue weighted by Gasteiger charge is 2.22. The molecule has 25 heavy (non-hydrogen) atoms. The van der Waals surface area contributed by atoms with Crippen LogP contribution in [0.5, 0.6) is 5.75 Å². The molecule has 1 aromatic carbocycles. The number of hydrogen-bond donors (Lipinski definition) is 2. The summed E-state index contributed by atoms with van der Waals surface area (Å²) < 4.78 is 11.2. The number of nitrogen functional groups attached to an aromatic ring is 1. The first-order valence-corrected chi connectivity index (χ1v) is 8.63. The summed E-state index contributed by atoms with van der Waals surface area (Å²) in [5.41, 5.74) is 6.49. The number of nitrogens with two attached hydrogens (primary N) is 1. The van der Waals surface area contributed by atoms with Gasteiger partial charge in [0.05, 0.1) is 41.7 Å². The van der Waals surface area contributed by atoms with Gasteiger partial charge in [-0.2, -0.15) is 5.26 Å². The molecule has 2 rings (SSSR count). The Balaban J connectivity index is 1.96. The van der Waals surface area contributed by atoms with Crippen molar-refractivity contribution in [3.63, 3.8) is 0 Å².